The van der Waals surface area contributed by atoms with Crippen LogP contribution in [0.5, 0.6) is 5.75 Å². The third kappa shape index (κ3) is 5.80. The molecule has 10 heteroatoms. The van der Waals surface area contributed by atoms with Gasteiger partial charge in [0.05, 0.1) is 19.8 Å². The van der Waals surface area contributed by atoms with E-state index in [1.165, 1.54) is 11.1 Å². The lowest BCUT2D eigenvalue weighted by Gasteiger charge is -2.33. The van der Waals surface area contributed by atoms with Crippen LogP contribution in [0.15, 0.2) is 29.1 Å². The smallest absolute Gasteiger partial charge is 0.327 e. The van der Waals surface area contributed by atoms with Gasteiger partial charge in [0.15, 0.2) is 5.82 Å². The zero-order valence-corrected chi connectivity index (χ0v) is 19.8. The molecule has 2 aromatic heterocycles. The van der Waals surface area contributed by atoms with Crippen molar-refractivity contribution in [1.29, 1.82) is 0 Å². The Bertz CT molecular complexity index is 1170. The molecular weight excluding hydrogens is 436 g/mol. The van der Waals surface area contributed by atoms with Gasteiger partial charge in [0.1, 0.15) is 12.3 Å². The van der Waals surface area contributed by atoms with Gasteiger partial charge in [0.2, 0.25) is 0 Å². The number of esters is 1. The fraction of sp³-hybridized carbons (Fsp3) is 0.542. The standard InChI is InChI=1S/C24H32N6O4/c1-3-33-20-10-11-21-17(13-20)12-18(24(32)25-21)14-29(19-8-6-5-7-9-19)15-22-26-27-28-30(22)16-23(31)34-4-2/h10-13,19H,3-9,14-16H2,1-2H3,(H,25,32). The second-order valence-electron chi connectivity index (χ2n) is 8.56. The Kier molecular flexibility index (Phi) is 7.89. The van der Waals surface area contributed by atoms with E-state index in [1.54, 1.807) is 6.92 Å². The van der Waals surface area contributed by atoms with Crippen molar-refractivity contribution in [1.82, 2.24) is 30.1 Å². The number of ether oxygens (including phenoxy) is 2. The SMILES string of the molecule is CCOC(=O)Cn1nnnc1CN(Cc1cc2cc(OCC)ccc2[nH]c1=O)C1CCCCC1. The van der Waals surface area contributed by atoms with E-state index in [0.29, 0.717) is 43.7 Å². The number of H-pyrrole nitrogens is 1. The summed E-state index contributed by atoms with van der Waals surface area (Å²) in [6, 6.07) is 7.93. The van der Waals surface area contributed by atoms with E-state index >= 15 is 0 Å². The second-order valence-corrected chi connectivity index (χ2v) is 8.56. The van der Waals surface area contributed by atoms with E-state index in [4.69, 9.17) is 9.47 Å². The molecule has 2 heterocycles. The number of carbonyl (C=O) groups excluding carboxylic acids is 1. The van der Waals surface area contributed by atoms with Crippen molar-refractivity contribution >= 4 is 16.9 Å². The van der Waals surface area contributed by atoms with Crippen molar-refractivity contribution in [2.45, 2.75) is 71.6 Å². The van der Waals surface area contributed by atoms with Crippen LogP contribution in [-0.4, -0.2) is 55.3 Å². The van der Waals surface area contributed by atoms with Crippen LogP contribution in [0.25, 0.3) is 10.9 Å². The molecule has 182 valence electrons. The zero-order chi connectivity index (χ0) is 23.9. The summed E-state index contributed by atoms with van der Waals surface area (Å²) in [5.41, 5.74) is 1.35. The van der Waals surface area contributed by atoms with Crippen LogP contribution in [0.2, 0.25) is 0 Å². The van der Waals surface area contributed by atoms with Gasteiger partial charge < -0.3 is 14.5 Å². The Morgan fingerprint density at radius 3 is 2.74 bits per heavy atom. The van der Waals surface area contributed by atoms with Crippen molar-refractivity contribution in [3.05, 3.63) is 46.0 Å². The first-order valence-corrected chi connectivity index (χ1v) is 12.0. The maximum absolute atomic E-state index is 12.9. The predicted molar refractivity (Wildman–Crippen MR) is 126 cm³/mol. The molecule has 0 amide bonds. The minimum atomic E-state index is -0.378. The number of hydrogen-bond acceptors (Lipinski definition) is 8. The molecular formula is C24H32N6O4. The number of aromatic amines is 1. The summed E-state index contributed by atoms with van der Waals surface area (Å²) in [5, 5.41) is 12.8. The highest BCUT2D eigenvalue weighted by Gasteiger charge is 2.25. The summed E-state index contributed by atoms with van der Waals surface area (Å²) in [5.74, 6) is 0.973. The minimum Gasteiger partial charge on any atom is -0.494 e. The summed E-state index contributed by atoms with van der Waals surface area (Å²) in [6.45, 7) is 5.46. The third-order valence-corrected chi connectivity index (χ3v) is 6.20. The summed E-state index contributed by atoms with van der Waals surface area (Å²) in [4.78, 5) is 30.2. The Morgan fingerprint density at radius 1 is 1.15 bits per heavy atom. The van der Waals surface area contributed by atoms with Crippen LogP contribution in [0.1, 0.15) is 57.3 Å². The molecule has 0 radical (unpaired) electrons. The van der Waals surface area contributed by atoms with Gasteiger partial charge in [-0.3, -0.25) is 14.5 Å². The Labute approximate surface area is 198 Å². The minimum absolute atomic E-state index is 0.0363. The lowest BCUT2D eigenvalue weighted by Crippen LogP contribution is -2.38. The van der Waals surface area contributed by atoms with Gasteiger partial charge in [-0.1, -0.05) is 19.3 Å². The highest BCUT2D eigenvalue weighted by Crippen LogP contribution is 2.26. The molecule has 0 unspecified atom stereocenters. The van der Waals surface area contributed by atoms with E-state index in [2.05, 4.69) is 25.4 Å². The Morgan fingerprint density at radius 2 is 1.97 bits per heavy atom. The number of pyridine rings is 1. The molecule has 1 aromatic carbocycles. The third-order valence-electron chi connectivity index (χ3n) is 6.20. The second kappa shape index (κ2) is 11.2. The molecule has 0 aliphatic heterocycles. The molecule has 0 saturated heterocycles. The molecule has 0 bridgehead atoms. The van der Waals surface area contributed by atoms with Gasteiger partial charge in [-0.2, -0.15) is 0 Å². The lowest BCUT2D eigenvalue weighted by atomic mass is 9.93. The number of nitrogens with zero attached hydrogens (tertiary/aromatic N) is 5. The number of fused-ring (bicyclic) bond motifs is 1. The average molecular weight is 469 g/mol. The highest BCUT2D eigenvalue weighted by molar-refractivity contribution is 5.80. The van der Waals surface area contributed by atoms with Crippen LogP contribution in [0, 0.1) is 0 Å². The van der Waals surface area contributed by atoms with Gasteiger partial charge in [-0.05, 0) is 61.4 Å². The lowest BCUT2D eigenvalue weighted by molar-refractivity contribution is -0.144. The summed E-state index contributed by atoms with van der Waals surface area (Å²) < 4.78 is 12.2. The first-order chi connectivity index (χ1) is 16.6. The van der Waals surface area contributed by atoms with E-state index in [0.717, 1.165) is 42.3 Å². The number of carbonyl (C=O) groups is 1. The van der Waals surface area contributed by atoms with Crippen molar-refractivity contribution in [3.8, 4) is 5.75 Å². The van der Waals surface area contributed by atoms with Crippen LogP contribution < -0.4 is 10.3 Å². The number of tetrazole rings is 1. The fourth-order valence-electron chi connectivity index (χ4n) is 4.55. The zero-order valence-electron chi connectivity index (χ0n) is 19.8. The first kappa shape index (κ1) is 23.9. The fourth-order valence-corrected chi connectivity index (χ4v) is 4.55. The van der Waals surface area contributed by atoms with Crippen molar-refractivity contribution in [2.75, 3.05) is 13.2 Å². The molecule has 3 aromatic rings. The number of hydrogen-bond donors (Lipinski definition) is 1. The first-order valence-electron chi connectivity index (χ1n) is 12.0. The van der Waals surface area contributed by atoms with Gasteiger partial charge in [-0.15, -0.1) is 5.10 Å². The van der Waals surface area contributed by atoms with E-state index < -0.39 is 0 Å². The van der Waals surface area contributed by atoms with Gasteiger partial charge in [-0.25, -0.2) is 4.68 Å². The van der Waals surface area contributed by atoms with E-state index in [-0.39, 0.29) is 18.1 Å². The van der Waals surface area contributed by atoms with E-state index in [9.17, 15) is 9.59 Å². The van der Waals surface area contributed by atoms with Gasteiger partial charge in [0, 0.05) is 29.1 Å². The molecule has 1 N–H and O–H groups in total. The highest BCUT2D eigenvalue weighted by atomic mass is 16.5. The normalized spacial score (nSPS) is 14.6. The summed E-state index contributed by atoms with van der Waals surface area (Å²) in [6.07, 6.45) is 5.64. The molecule has 0 atom stereocenters. The van der Waals surface area contributed by atoms with Crippen LogP contribution in [0.4, 0.5) is 0 Å². The van der Waals surface area contributed by atoms with Crippen LogP contribution in [0.3, 0.4) is 0 Å². The quantitative estimate of drug-likeness (QED) is 0.452. The van der Waals surface area contributed by atoms with Crippen molar-refractivity contribution in [2.24, 2.45) is 0 Å². The summed E-state index contributed by atoms with van der Waals surface area (Å²) in [7, 11) is 0. The van der Waals surface area contributed by atoms with Crippen LogP contribution >= 0.6 is 0 Å². The number of rotatable bonds is 10. The van der Waals surface area contributed by atoms with Gasteiger partial charge in [0.25, 0.3) is 5.56 Å². The molecule has 10 nitrogen and oxygen atoms in total. The maximum Gasteiger partial charge on any atom is 0.327 e. The van der Waals surface area contributed by atoms with Crippen molar-refractivity contribution in [3.63, 3.8) is 0 Å². The topological polar surface area (TPSA) is 115 Å². The number of nitrogens with one attached hydrogen (secondary N) is 1. The largest absolute Gasteiger partial charge is 0.494 e. The summed E-state index contributed by atoms with van der Waals surface area (Å²) >= 11 is 0. The van der Waals surface area contributed by atoms with E-state index in [1.807, 2.05) is 31.2 Å². The molecule has 4 rings (SSSR count). The Balaban J connectivity index is 1.60. The molecule has 1 aliphatic carbocycles. The number of aromatic nitrogens is 5. The molecule has 1 saturated carbocycles. The average Bonchev–Trinajstić information content (AvgIpc) is 3.26. The molecule has 34 heavy (non-hydrogen) atoms. The van der Waals surface area contributed by atoms with Crippen molar-refractivity contribution < 1.29 is 14.3 Å². The maximum atomic E-state index is 12.9. The monoisotopic (exact) mass is 468 g/mol. The predicted octanol–water partition coefficient (Wildman–Crippen LogP) is 2.81. The number of benzene rings is 1. The molecule has 1 fully saturated rings. The van der Waals surface area contributed by atoms with Gasteiger partial charge >= 0.3 is 5.97 Å². The molecule has 0 spiro atoms. The Hall–Kier alpha value is -3.27. The van der Waals surface area contributed by atoms with Crippen LogP contribution in [-0.2, 0) is 29.2 Å². The molecule has 1 aliphatic rings.